The maximum absolute atomic E-state index is 12.0. The Morgan fingerprint density at radius 1 is 1.00 bits per heavy atom. The molecule has 0 saturated carbocycles. The van der Waals surface area contributed by atoms with Gasteiger partial charge < -0.3 is 0 Å². The second-order valence-corrected chi connectivity index (χ2v) is 5.58. The van der Waals surface area contributed by atoms with Gasteiger partial charge in [-0.3, -0.25) is 14.9 Å². The summed E-state index contributed by atoms with van der Waals surface area (Å²) in [6, 6.07) is 16.3. The summed E-state index contributed by atoms with van der Waals surface area (Å²) in [7, 11) is 0. The summed E-state index contributed by atoms with van der Waals surface area (Å²) in [5, 5.41) is 15.7. The van der Waals surface area contributed by atoms with Crippen molar-refractivity contribution >= 4 is 17.3 Å². The average molecular weight is 342 g/mol. The summed E-state index contributed by atoms with van der Waals surface area (Å²) in [6.07, 6.45) is 0. The molecule has 0 bridgehead atoms. The third-order valence-electron chi connectivity index (χ3n) is 3.49. The number of hydrogen-bond acceptors (Lipinski definition) is 4. The Kier molecular flexibility index (Phi) is 4.39. The monoisotopic (exact) mass is 341 g/mol. The molecule has 2 aromatic carbocycles. The summed E-state index contributed by atoms with van der Waals surface area (Å²) in [4.78, 5) is 22.2. The van der Waals surface area contributed by atoms with Crippen molar-refractivity contribution in [3.63, 3.8) is 0 Å². The maximum Gasteiger partial charge on any atom is 0.269 e. The van der Waals surface area contributed by atoms with Crippen LogP contribution in [-0.2, 0) is 6.54 Å². The van der Waals surface area contributed by atoms with E-state index < -0.39 is 4.92 Å². The van der Waals surface area contributed by atoms with Crippen LogP contribution in [0.25, 0.3) is 11.3 Å². The average Bonchev–Trinajstić information content (AvgIpc) is 2.58. The van der Waals surface area contributed by atoms with Crippen LogP contribution < -0.4 is 5.56 Å². The number of hydrogen-bond donors (Lipinski definition) is 0. The first-order chi connectivity index (χ1) is 11.5. The van der Waals surface area contributed by atoms with Crippen molar-refractivity contribution in [3.05, 3.63) is 91.7 Å². The van der Waals surface area contributed by atoms with Crippen LogP contribution in [0.1, 0.15) is 5.56 Å². The van der Waals surface area contributed by atoms with Gasteiger partial charge in [-0.15, -0.1) is 0 Å². The largest absolute Gasteiger partial charge is 0.269 e. The van der Waals surface area contributed by atoms with E-state index in [1.165, 1.54) is 22.9 Å². The molecule has 0 fully saturated rings. The van der Waals surface area contributed by atoms with Crippen molar-refractivity contribution in [2.45, 2.75) is 6.54 Å². The van der Waals surface area contributed by atoms with E-state index in [0.29, 0.717) is 10.7 Å². The van der Waals surface area contributed by atoms with Crippen molar-refractivity contribution in [2.24, 2.45) is 0 Å². The van der Waals surface area contributed by atoms with Crippen LogP contribution in [0.3, 0.4) is 0 Å². The van der Waals surface area contributed by atoms with Crippen LogP contribution >= 0.6 is 11.6 Å². The van der Waals surface area contributed by atoms with Gasteiger partial charge in [-0.25, -0.2) is 4.68 Å². The van der Waals surface area contributed by atoms with E-state index in [1.807, 2.05) is 12.1 Å². The van der Waals surface area contributed by atoms with Gasteiger partial charge in [0.2, 0.25) is 0 Å². The normalized spacial score (nSPS) is 10.5. The van der Waals surface area contributed by atoms with Gasteiger partial charge in [0.05, 0.1) is 17.2 Å². The van der Waals surface area contributed by atoms with Crippen LogP contribution in [0.5, 0.6) is 0 Å². The van der Waals surface area contributed by atoms with Crippen molar-refractivity contribution < 1.29 is 4.92 Å². The lowest BCUT2D eigenvalue weighted by Gasteiger charge is -2.07. The minimum absolute atomic E-state index is 0.00831. The van der Waals surface area contributed by atoms with E-state index in [9.17, 15) is 14.9 Å². The Morgan fingerprint density at radius 3 is 2.29 bits per heavy atom. The fourth-order valence-corrected chi connectivity index (χ4v) is 2.36. The topological polar surface area (TPSA) is 78.0 Å². The molecular weight excluding hydrogens is 330 g/mol. The Labute approximate surface area is 142 Å². The Balaban J connectivity index is 1.90. The van der Waals surface area contributed by atoms with Gasteiger partial charge in [-0.05, 0) is 23.8 Å². The number of benzene rings is 2. The highest BCUT2D eigenvalue weighted by molar-refractivity contribution is 6.30. The number of halogens is 1. The predicted octanol–water partition coefficient (Wildman–Crippen LogP) is 3.52. The molecule has 0 atom stereocenters. The quantitative estimate of drug-likeness (QED) is 0.537. The first kappa shape index (κ1) is 15.9. The van der Waals surface area contributed by atoms with E-state index in [-0.39, 0.29) is 17.8 Å². The molecule has 0 aliphatic rings. The molecule has 0 N–H and O–H groups in total. The third-order valence-corrected chi connectivity index (χ3v) is 3.74. The highest BCUT2D eigenvalue weighted by atomic mass is 35.5. The van der Waals surface area contributed by atoms with Crippen molar-refractivity contribution in [1.82, 2.24) is 9.78 Å². The van der Waals surface area contributed by atoms with Crippen molar-refractivity contribution in [1.29, 1.82) is 0 Å². The number of nitro benzene ring substituents is 1. The zero-order valence-corrected chi connectivity index (χ0v) is 13.2. The van der Waals surface area contributed by atoms with Crippen LogP contribution in [0.2, 0.25) is 5.02 Å². The van der Waals surface area contributed by atoms with Crippen LogP contribution in [0.15, 0.2) is 65.5 Å². The summed E-state index contributed by atoms with van der Waals surface area (Å²) >= 11 is 5.87. The second-order valence-electron chi connectivity index (χ2n) is 5.14. The van der Waals surface area contributed by atoms with Gasteiger partial charge in [0, 0.05) is 28.8 Å². The number of nitro groups is 1. The molecule has 1 heterocycles. The lowest BCUT2D eigenvalue weighted by atomic mass is 10.1. The smallest absolute Gasteiger partial charge is 0.268 e. The molecule has 120 valence electrons. The maximum atomic E-state index is 12.0. The fourth-order valence-electron chi connectivity index (χ4n) is 2.23. The number of rotatable bonds is 4. The minimum atomic E-state index is -0.463. The molecule has 0 unspecified atom stereocenters. The molecule has 0 radical (unpaired) electrons. The van der Waals surface area contributed by atoms with Gasteiger partial charge in [0.1, 0.15) is 0 Å². The predicted molar refractivity (Wildman–Crippen MR) is 91.1 cm³/mol. The Hall–Kier alpha value is -2.99. The molecule has 24 heavy (non-hydrogen) atoms. The van der Waals surface area contributed by atoms with Gasteiger partial charge in [-0.1, -0.05) is 35.9 Å². The molecule has 0 spiro atoms. The van der Waals surface area contributed by atoms with Crippen molar-refractivity contribution in [2.75, 3.05) is 0 Å². The van der Waals surface area contributed by atoms with E-state index >= 15 is 0 Å². The molecule has 0 aliphatic heterocycles. The van der Waals surface area contributed by atoms with E-state index in [0.717, 1.165) is 11.1 Å². The summed E-state index contributed by atoms with van der Waals surface area (Å²) in [6.45, 7) is 0.234. The highest BCUT2D eigenvalue weighted by Crippen LogP contribution is 2.18. The van der Waals surface area contributed by atoms with Gasteiger partial charge in [-0.2, -0.15) is 5.10 Å². The summed E-state index contributed by atoms with van der Waals surface area (Å²) < 4.78 is 1.32. The molecule has 3 rings (SSSR count). The summed E-state index contributed by atoms with van der Waals surface area (Å²) in [5.41, 5.74) is 2.01. The van der Waals surface area contributed by atoms with Crippen LogP contribution in [0, 0.1) is 10.1 Å². The molecular formula is C17H12ClN3O3. The number of non-ortho nitro benzene ring substituents is 1. The molecule has 0 amide bonds. The fraction of sp³-hybridized carbons (Fsp3) is 0.0588. The lowest BCUT2D eigenvalue weighted by Crippen LogP contribution is -2.22. The van der Waals surface area contributed by atoms with E-state index in [1.54, 1.807) is 30.3 Å². The zero-order chi connectivity index (χ0) is 17.1. The molecule has 7 heteroatoms. The number of aromatic nitrogens is 2. The van der Waals surface area contributed by atoms with E-state index in [4.69, 9.17) is 11.6 Å². The zero-order valence-electron chi connectivity index (χ0n) is 12.4. The van der Waals surface area contributed by atoms with Crippen molar-refractivity contribution in [3.8, 4) is 11.3 Å². The molecule has 6 nitrogen and oxygen atoms in total. The first-order valence-electron chi connectivity index (χ1n) is 7.10. The number of nitrogens with zero attached hydrogens (tertiary/aromatic N) is 3. The molecule has 0 saturated heterocycles. The second kappa shape index (κ2) is 6.64. The molecule has 3 aromatic rings. The highest BCUT2D eigenvalue weighted by Gasteiger charge is 2.07. The lowest BCUT2D eigenvalue weighted by molar-refractivity contribution is -0.384. The molecule has 0 aliphatic carbocycles. The minimum Gasteiger partial charge on any atom is -0.268 e. The Morgan fingerprint density at radius 2 is 1.67 bits per heavy atom. The Bertz CT molecular complexity index is 935. The van der Waals surface area contributed by atoms with E-state index in [2.05, 4.69) is 5.10 Å². The standard InChI is InChI=1S/C17H12ClN3O3/c18-14-5-3-13(4-6-14)16-9-10-17(22)20(19-16)11-12-1-7-15(8-2-12)21(23)24/h1-10H,11H2. The van der Waals surface area contributed by atoms with Crippen LogP contribution in [-0.4, -0.2) is 14.7 Å². The third kappa shape index (κ3) is 3.49. The first-order valence-corrected chi connectivity index (χ1v) is 7.48. The van der Waals surface area contributed by atoms with Crippen LogP contribution in [0.4, 0.5) is 5.69 Å². The van der Waals surface area contributed by atoms with Gasteiger partial charge >= 0.3 is 0 Å². The molecule has 1 aromatic heterocycles. The van der Waals surface area contributed by atoms with Gasteiger partial charge in [0.25, 0.3) is 11.2 Å². The summed E-state index contributed by atoms with van der Waals surface area (Å²) in [5.74, 6) is 0. The SMILES string of the molecule is O=c1ccc(-c2ccc(Cl)cc2)nn1Cc1ccc([N+](=O)[O-])cc1. The van der Waals surface area contributed by atoms with Gasteiger partial charge in [0.15, 0.2) is 0 Å².